The molecule has 0 aliphatic rings. The summed E-state index contributed by atoms with van der Waals surface area (Å²) in [5, 5.41) is 16.2. The summed E-state index contributed by atoms with van der Waals surface area (Å²) in [6.07, 6.45) is -0.162. The molecule has 7 nitrogen and oxygen atoms in total. The van der Waals surface area contributed by atoms with Gasteiger partial charge in [0, 0.05) is 14.1 Å². The van der Waals surface area contributed by atoms with E-state index in [0.29, 0.717) is 5.96 Å². The van der Waals surface area contributed by atoms with E-state index in [2.05, 4.69) is 20.8 Å². The number of nitrogens with zero attached hydrogens (tertiary/aromatic N) is 2. The van der Waals surface area contributed by atoms with Crippen LogP contribution in [0.1, 0.15) is 0 Å². The number of hydrazone groups is 1. The van der Waals surface area contributed by atoms with Gasteiger partial charge in [-0.05, 0) is 0 Å². The van der Waals surface area contributed by atoms with Crippen molar-refractivity contribution in [3.8, 4) is 0 Å². The summed E-state index contributed by atoms with van der Waals surface area (Å²) in [5.74, 6) is 0.443. The number of rotatable bonds is 2. The van der Waals surface area contributed by atoms with Gasteiger partial charge in [-0.2, -0.15) is 5.10 Å². The molecule has 7 heteroatoms. The standard InChI is InChI=1S/C5H11N5O2/c1-6-4(7-2)10-9-3-8-5(11)12/h3H,1-2H3,(H,8,9)(H,11,12)(H2,6,7,10). The van der Waals surface area contributed by atoms with Crippen LogP contribution in [0.2, 0.25) is 0 Å². The van der Waals surface area contributed by atoms with E-state index in [0.717, 1.165) is 6.34 Å². The normalized spacial score (nSPS) is 11.3. The number of aliphatic imine (C=N–C) groups is 1. The first-order valence-electron chi connectivity index (χ1n) is 3.12. The maximum absolute atomic E-state index is 9.91. The Hall–Kier alpha value is -1.79. The number of hydrogen-bond acceptors (Lipinski definition) is 3. The van der Waals surface area contributed by atoms with E-state index in [1.807, 2.05) is 5.32 Å². The van der Waals surface area contributed by atoms with E-state index in [9.17, 15) is 4.79 Å². The summed E-state index contributed by atoms with van der Waals surface area (Å²) in [7, 11) is 3.23. The minimum atomic E-state index is -1.17. The SMILES string of the molecule is CN=C(NC)NN=CNC(=O)O. The van der Waals surface area contributed by atoms with E-state index >= 15 is 0 Å². The molecular formula is C5H11N5O2. The van der Waals surface area contributed by atoms with E-state index in [4.69, 9.17) is 5.11 Å². The van der Waals surface area contributed by atoms with Crippen LogP contribution in [-0.2, 0) is 0 Å². The molecule has 0 heterocycles. The Kier molecular flexibility index (Phi) is 5.07. The van der Waals surface area contributed by atoms with Crippen molar-refractivity contribution in [3.63, 3.8) is 0 Å². The highest BCUT2D eigenvalue weighted by atomic mass is 16.4. The predicted octanol–water partition coefficient (Wildman–Crippen LogP) is -1.01. The third kappa shape index (κ3) is 5.03. The van der Waals surface area contributed by atoms with Crippen LogP contribution >= 0.6 is 0 Å². The molecule has 0 aromatic rings. The molecule has 0 fully saturated rings. The molecule has 0 saturated heterocycles. The van der Waals surface area contributed by atoms with Crippen molar-refractivity contribution in [3.05, 3.63) is 0 Å². The Morgan fingerprint density at radius 2 is 2.25 bits per heavy atom. The van der Waals surface area contributed by atoms with Crippen LogP contribution in [0.4, 0.5) is 4.79 Å². The van der Waals surface area contributed by atoms with Gasteiger partial charge >= 0.3 is 6.09 Å². The number of carboxylic acid groups (broad SMARTS) is 1. The molecule has 0 aliphatic carbocycles. The molecule has 0 aromatic heterocycles. The Balaban J connectivity index is 3.66. The fourth-order valence-corrected chi connectivity index (χ4v) is 0.399. The van der Waals surface area contributed by atoms with Gasteiger partial charge in [0.2, 0.25) is 5.96 Å². The average molecular weight is 173 g/mol. The smallest absolute Gasteiger partial charge is 0.409 e. The Labute approximate surface area is 69.6 Å². The zero-order chi connectivity index (χ0) is 9.40. The first-order valence-corrected chi connectivity index (χ1v) is 3.12. The van der Waals surface area contributed by atoms with Crippen LogP contribution < -0.4 is 16.1 Å². The average Bonchev–Trinajstić information content (AvgIpc) is 2.04. The van der Waals surface area contributed by atoms with Crippen molar-refractivity contribution in [2.24, 2.45) is 10.1 Å². The van der Waals surface area contributed by atoms with Crippen LogP contribution in [-0.4, -0.2) is 37.6 Å². The molecule has 0 spiro atoms. The zero-order valence-corrected chi connectivity index (χ0v) is 6.83. The van der Waals surface area contributed by atoms with Gasteiger partial charge < -0.3 is 10.4 Å². The van der Waals surface area contributed by atoms with E-state index in [1.54, 1.807) is 14.1 Å². The summed E-state index contributed by atoms with van der Waals surface area (Å²) in [6, 6.07) is 0. The van der Waals surface area contributed by atoms with Crippen LogP contribution in [0, 0.1) is 0 Å². The minimum Gasteiger partial charge on any atom is -0.465 e. The van der Waals surface area contributed by atoms with Crippen molar-refractivity contribution < 1.29 is 9.90 Å². The highest BCUT2D eigenvalue weighted by Gasteiger charge is 1.88. The highest BCUT2D eigenvalue weighted by Crippen LogP contribution is 1.62. The maximum Gasteiger partial charge on any atom is 0.409 e. The van der Waals surface area contributed by atoms with Gasteiger partial charge in [-0.15, -0.1) is 0 Å². The highest BCUT2D eigenvalue weighted by molar-refractivity contribution is 5.83. The second-order valence-electron chi connectivity index (χ2n) is 1.64. The molecule has 0 atom stereocenters. The lowest BCUT2D eigenvalue weighted by atomic mass is 10.9. The summed E-state index contributed by atoms with van der Waals surface area (Å²) in [4.78, 5) is 13.6. The van der Waals surface area contributed by atoms with Gasteiger partial charge in [0.25, 0.3) is 0 Å². The molecule has 12 heavy (non-hydrogen) atoms. The maximum atomic E-state index is 9.91. The third-order valence-corrected chi connectivity index (χ3v) is 0.883. The van der Waals surface area contributed by atoms with Crippen molar-refractivity contribution >= 4 is 18.4 Å². The molecule has 0 bridgehead atoms. The first kappa shape index (κ1) is 10.2. The summed E-state index contributed by atoms with van der Waals surface area (Å²) < 4.78 is 0. The van der Waals surface area contributed by atoms with Gasteiger partial charge in [-0.3, -0.25) is 10.3 Å². The van der Waals surface area contributed by atoms with Gasteiger partial charge in [-0.25, -0.2) is 10.2 Å². The quantitative estimate of drug-likeness (QED) is 0.244. The molecule has 0 saturated carbocycles. The molecule has 68 valence electrons. The first-order chi connectivity index (χ1) is 5.70. The van der Waals surface area contributed by atoms with Crippen molar-refractivity contribution in [1.82, 2.24) is 16.1 Å². The molecule has 0 aliphatic heterocycles. The molecule has 0 rings (SSSR count). The molecule has 0 aromatic carbocycles. The minimum absolute atomic E-state index is 0.443. The lowest BCUT2D eigenvalue weighted by Gasteiger charge is -2.00. The van der Waals surface area contributed by atoms with Gasteiger partial charge in [0.1, 0.15) is 6.34 Å². The molecule has 0 radical (unpaired) electrons. The molecule has 4 N–H and O–H groups in total. The Morgan fingerprint density at radius 1 is 1.58 bits per heavy atom. The third-order valence-electron chi connectivity index (χ3n) is 0.883. The predicted molar refractivity (Wildman–Crippen MR) is 45.2 cm³/mol. The zero-order valence-electron chi connectivity index (χ0n) is 6.83. The lowest BCUT2D eigenvalue weighted by molar-refractivity contribution is 0.200. The van der Waals surface area contributed by atoms with E-state index in [-0.39, 0.29) is 0 Å². The van der Waals surface area contributed by atoms with Crippen LogP contribution in [0.5, 0.6) is 0 Å². The van der Waals surface area contributed by atoms with E-state index in [1.165, 1.54) is 0 Å². The Morgan fingerprint density at radius 3 is 2.67 bits per heavy atom. The van der Waals surface area contributed by atoms with Crippen molar-refractivity contribution in [2.75, 3.05) is 14.1 Å². The summed E-state index contributed by atoms with van der Waals surface area (Å²) in [5.41, 5.74) is 2.46. The fourth-order valence-electron chi connectivity index (χ4n) is 0.399. The summed E-state index contributed by atoms with van der Waals surface area (Å²) in [6.45, 7) is 0. The molecule has 1 amide bonds. The van der Waals surface area contributed by atoms with Crippen LogP contribution in [0.25, 0.3) is 0 Å². The number of nitrogens with one attached hydrogen (secondary N) is 3. The number of guanidine groups is 1. The largest absolute Gasteiger partial charge is 0.465 e. The number of carbonyl (C=O) groups is 1. The van der Waals surface area contributed by atoms with Crippen LogP contribution in [0.15, 0.2) is 10.1 Å². The second-order valence-corrected chi connectivity index (χ2v) is 1.64. The number of hydrogen-bond donors (Lipinski definition) is 4. The van der Waals surface area contributed by atoms with Gasteiger partial charge in [-0.1, -0.05) is 0 Å². The second kappa shape index (κ2) is 5.96. The van der Waals surface area contributed by atoms with Crippen molar-refractivity contribution in [2.45, 2.75) is 0 Å². The van der Waals surface area contributed by atoms with Crippen LogP contribution in [0.3, 0.4) is 0 Å². The number of amides is 1. The van der Waals surface area contributed by atoms with Gasteiger partial charge in [0.15, 0.2) is 0 Å². The topological polar surface area (TPSA) is 98.1 Å². The lowest BCUT2D eigenvalue weighted by Crippen LogP contribution is -2.32. The fraction of sp³-hybridized carbons (Fsp3) is 0.400. The summed E-state index contributed by atoms with van der Waals surface area (Å²) >= 11 is 0. The van der Waals surface area contributed by atoms with Gasteiger partial charge in [0.05, 0.1) is 0 Å². The molecule has 0 unspecified atom stereocenters. The monoisotopic (exact) mass is 173 g/mol. The molecular weight excluding hydrogens is 162 g/mol. The van der Waals surface area contributed by atoms with Crippen molar-refractivity contribution in [1.29, 1.82) is 0 Å². The Bertz CT molecular complexity index is 200. The van der Waals surface area contributed by atoms with E-state index < -0.39 is 6.09 Å².